The molecule has 2 N–H and O–H groups in total. The van der Waals surface area contributed by atoms with Gasteiger partial charge in [-0.15, -0.1) is 0 Å². The van der Waals surface area contributed by atoms with Gasteiger partial charge in [0.25, 0.3) is 0 Å². The number of halogens is 7. The van der Waals surface area contributed by atoms with Crippen LogP contribution >= 0.6 is 12.2 Å². The minimum atomic E-state index is -5.34. The zero-order valence-electron chi connectivity index (χ0n) is 20.7. The molecule has 1 saturated heterocycles. The second-order valence-electron chi connectivity index (χ2n) is 8.55. The molecule has 39 heavy (non-hydrogen) atoms. The minimum absolute atomic E-state index is 0.0371. The fourth-order valence-corrected chi connectivity index (χ4v) is 4.36. The maximum Gasteiger partial charge on any atom is 0.420 e. The molecule has 214 valence electrons. The van der Waals surface area contributed by atoms with E-state index in [9.17, 15) is 40.6 Å². The largest absolute Gasteiger partial charge is 0.420 e. The molecule has 3 rings (SSSR count). The summed E-state index contributed by atoms with van der Waals surface area (Å²) in [5.41, 5.74) is -4.07. The number of hydrogen-bond acceptors (Lipinski definition) is 5. The zero-order chi connectivity index (χ0) is 29.1. The number of carbonyl (C=O) groups is 1. The van der Waals surface area contributed by atoms with Crippen molar-refractivity contribution in [3.63, 3.8) is 0 Å². The monoisotopic (exact) mass is 582 g/mol. The van der Waals surface area contributed by atoms with Crippen molar-refractivity contribution in [3.05, 3.63) is 53.3 Å². The van der Waals surface area contributed by atoms with Gasteiger partial charge in [-0.05, 0) is 62.6 Å². The molecule has 1 fully saturated rings. The number of likely N-dealkylation sites (N-methyl/N-ethyl adjacent to an activating group) is 1. The lowest BCUT2D eigenvalue weighted by Crippen LogP contribution is -2.40. The Morgan fingerprint density at radius 2 is 1.77 bits per heavy atom. The SMILES string of the molecule is CCN(C(=O)Oc1c(N2CCN(CC(O)CNC)C2=S)cc(C(F)(F)F)cc1C(F)(F)F)c1ccc(F)cc1. The van der Waals surface area contributed by atoms with E-state index in [1.54, 1.807) is 7.05 Å². The number of nitrogens with one attached hydrogen (secondary N) is 1. The number of aliphatic hydroxyl groups is 1. The molecule has 1 atom stereocenters. The number of alkyl halides is 6. The van der Waals surface area contributed by atoms with Gasteiger partial charge >= 0.3 is 18.4 Å². The molecular weight excluding hydrogens is 557 g/mol. The molecule has 0 aliphatic carbocycles. The number of hydrogen-bond donors (Lipinski definition) is 2. The van der Waals surface area contributed by atoms with Crippen LogP contribution in [0.1, 0.15) is 18.1 Å². The first-order chi connectivity index (χ1) is 18.2. The highest BCUT2D eigenvalue weighted by Crippen LogP contribution is 2.47. The third-order valence-electron chi connectivity index (χ3n) is 5.82. The summed E-state index contributed by atoms with van der Waals surface area (Å²) < 4.78 is 102. The minimum Gasteiger partial charge on any atom is -0.407 e. The highest BCUT2D eigenvalue weighted by Gasteiger charge is 2.43. The summed E-state index contributed by atoms with van der Waals surface area (Å²) in [4.78, 5) is 16.4. The summed E-state index contributed by atoms with van der Waals surface area (Å²) in [5.74, 6) is -1.79. The lowest BCUT2D eigenvalue weighted by atomic mass is 10.1. The van der Waals surface area contributed by atoms with E-state index in [0.717, 1.165) is 21.9 Å². The van der Waals surface area contributed by atoms with Crippen LogP contribution in [0.4, 0.5) is 46.9 Å². The molecule has 0 spiro atoms. The number of nitrogens with zero attached hydrogens (tertiary/aromatic N) is 3. The predicted molar refractivity (Wildman–Crippen MR) is 133 cm³/mol. The van der Waals surface area contributed by atoms with Crippen molar-refractivity contribution < 1.29 is 45.4 Å². The van der Waals surface area contributed by atoms with Gasteiger partial charge in [0.2, 0.25) is 0 Å². The topological polar surface area (TPSA) is 68.3 Å². The molecular formula is C24H25F7N4O3S. The average molecular weight is 583 g/mol. The van der Waals surface area contributed by atoms with E-state index in [-0.39, 0.29) is 49.6 Å². The van der Waals surface area contributed by atoms with E-state index in [2.05, 4.69) is 5.32 Å². The van der Waals surface area contributed by atoms with Gasteiger partial charge in [-0.3, -0.25) is 4.90 Å². The van der Waals surface area contributed by atoms with Crippen LogP contribution in [0.15, 0.2) is 36.4 Å². The lowest BCUT2D eigenvalue weighted by molar-refractivity contribution is -0.143. The van der Waals surface area contributed by atoms with Gasteiger partial charge in [0.15, 0.2) is 10.9 Å². The number of anilines is 2. The van der Waals surface area contributed by atoms with Crippen LogP contribution in [0.2, 0.25) is 0 Å². The maximum absolute atomic E-state index is 14.1. The summed E-state index contributed by atoms with van der Waals surface area (Å²) in [6.45, 7) is 1.45. The Morgan fingerprint density at radius 1 is 1.13 bits per heavy atom. The Hall–Kier alpha value is -3.17. The van der Waals surface area contributed by atoms with E-state index >= 15 is 0 Å². The Kier molecular flexibility index (Phi) is 9.28. The molecule has 1 unspecified atom stereocenters. The first-order valence-electron chi connectivity index (χ1n) is 11.6. The fourth-order valence-electron chi connectivity index (χ4n) is 4.01. The fraction of sp³-hybridized carbons (Fsp3) is 0.417. The van der Waals surface area contributed by atoms with E-state index < -0.39 is 52.9 Å². The summed E-state index contributed by atoms with van der Waals surface area (Å²) in [6.07, 6.45) is -12.8. The molecule has 15 heteroatoms. The Balaban J connectivity index is 2.10. The second kappa shape index (κ2) is 11.9. The van der Waals surface area contributed by atoms with Gasteiger partial charge < -0.3 is 25.0 Å². The average Bonchev–Trinajstić information content (AvgIpc) is 3.19. The van der Waals surface area contributed by atoms with Crippen LogP contribution in [0.5, 0.6) is 5.75 Å². The quantitative estimate of drug-likeness (QED) is 0.340. The predicted octanol–water partition coefficient (Wildman–Crippen LogP) is 4.88. The summed E-state index contributed by atoms with van der Waals surface area (Å²) in [5, 5.41) is 12.7. The molecule has 1 heterocycles. The number of benzene rings is 2. The van der Waals surface area contributed by atoms with Crippen LogP contribution in [0, 0.1) is 5.82 Å². The van der Waals surface area contributed by atoms with Gasteiger partial charge in [-0.25, -0.2) is 9.18 Å². The first-order valence-corrected chi connectivity index (χ1v) is 12.0. The first kappa shape index (κ1) is 30.4. The number of β-amino-alcohol motifs (C(OH)–C–C–N with tert-alkyl or cyclic N) is 1. The number of aliphatic hydroxyl groups excluding tert-OH is 1. The van der Waals surface area contributed by atoms with Gasteiger partial charge in [0.1, 0.15) is 11.4 Å². The molecule has 1 aliphatic heterocycles. The van der Waals surface area contributed by atoms with Crippen molar-refractivity contribution in [3.8, 4) is 5.75 Å². The Bertz CT molecular complexity index is 1190. The standard InChI is InChI=1S/C24H25F7N4O3S/c1-3-34(16-6-4-15(25)5-7-16)22(37)38-20-18(24(29,30)31)10-14(23(26,27)28)11-19(20)35-9-8-33(21(35)39)13-17(36)12-32-2/h4-7,10-11,17,32,36H,3,8-9,12-13H2,1-2H3. The maximum atomic E-state index is 14.1. The molecule has 2 aromatic rings. The van der Waals surface area contributed by atoms with Crippen LogP contribution in [-0.4, -0.2) is 67.1 Å². The number of rotatable bonds is 8. The van der Waals surface area contributed by atoms with Gasteiger partial charge in [-0.2, -0.15) is 26.3 Å². The molecule has 0 saturated carbocycles. The van der Waals surface area contributed by atoms with Crippen molar-refractivity contribution >= 4 is 34.8 Å². The van der Waals surface area contributed by atoms with Crippen molar-refractivity contribution in [2.24, 2.45) is 0 Å². The van der Waals surface area contributed by atoms with Gasteiger partial charge in [0.05, 0.1) is 17.4 Å². The Morgan fingerprint density at radius 3 is 2.31 bits per heavy atom. The summed E-state index contributed by atoms with van der Waals surface area (Å²) in [7, 11) is 1.59. The normalized spacial score (nSPS) is 15.1. The lowest BCUT2D eigenvalue weighted by Gasteiger charge is -2.28. The van der Waals surface area contributed by atoms with E-state index in [4.69, 9.17) is 17.0 Å². The van der Waals surface area contributed by atoms with Crippen LogP contribution < -0.4 is 19.9 Å². The third kappa shape index (κ3) is 7.08. The molecule has 0 radical (unpaired) electrons. The molecule has 1 aliphatic rings. The van der Waals surface area contributed by atoms with Crippen molar-refractivity contribution in [1.29, 1.82) is 0 Å². The number of ether oxygens (including phenoxy) is 1. The van der Waals surface area contributed by atoms with E-state index in [0.29, 0.717) is 6.07 Å². The van der Waals surface area contributed by atoms with Crippen LogP contribution in [-0.2, 0) is 12.4 Å². The molecule has 0 bridgehead atoms. The number of carbonyl (C=O) groups excluding carboxylic acids is 1. The van der Waals surface area contributed by atoms with Crippen molar-refractivity contribution in [2.75, 3.05) is 49.6 Å². The van der Waals surface area contributed by atoms with E-state index in [1.165, 1.54) is 24.0 Å². The number of thiocarbonyl (C=S) groups is 1. The second-order valence-corrected chi connectivity index (χ2v) is 8.91. The molecule has 1 amide bonds. The molecule has 7 nitrogen and oxygen atoms in total. The highest BCUT2D eigenvalue weighted by molar-refractivity contribution is 7.80. The summed E-state index contributed by atoms with van der Waals surface area (Å²) >= 11 is 5.33. The Labute approximate surface area is 224 Å². The van der Waals surface area contributed by atoms with Crippen molar-refractivity contribution in [2.45, 2.75) is 25.4 Å². The smallest absolute Gasteiger partial charge is 0.407 e. The van der Waals surface area contributed by atoms with Crippen LogP contribution in [0.3, 0.4) is 0 Å². The van der Waals surface area contributed by atoms with Crippen molar-refractivity contribution in [1.82, 2.24) is 10.2 Å². The molecule has 2 aromatic carbocycles. The van der Waals surface area contributed by atoms with Gasteiger partial charge in [0, 0.05) is 38.4 Å². The zero-order valence-corrected chi connectivity index (χ0v) is 21.6. The van der Waals surface area contributed by atoms with Crippen LogP contribution in [0.25, 0.3) is 0 Å². The third-order valence-corrected chi connectivity index (χ3v) is 6.30. The number of amides is 1. The highest BCUT2D eigenvalue weighted by atomic mass is 32.1. The molecule has 0 aromatic heterocycles. The van der Waals surface area contributed by atoms with E-state index in [1.807, 2.05) is 0 Å². The van der Waals surface area contributed by atoms with Gasteiger partial charge in [-0.1, -0.05) is 0 Å². The summed E-state index contributed by atoms with van der Waals surface area (Å²) in [6, 6.07) is 4.75.